The zero-order valence-electron chi connectivity index (χ0n) is 21.2. The summed E-state index contributed by atoms with van der Waals surface area (Å²) in [6.45, 7) is 6.77. The first-order chi connectivity index (χ1) is 16.4. The second kappa shape index (κ2) is 6.74. The van der Waals surface area contributed by atoms with Crippen LogP contribution in [0.4, 0.5) is 10.6 Å². The number of imide groups is 2. The van der Waals surface area contributed by atoms with Crippen molar-refractivity contribution in [1.82, 2.24) is 14.8 Å². The highest BCUT2D eigenvalue weighted by Crippen LogP contribution is 2.64. The molecule has 0 N–H and O–H groups in total. The van der Waals surface area contributed by atoms with E-state index in [-0.39, 0.29) is 29.3 Å². The Labute approximate surface area is 205 Å². The van der Waals surface area contributed by atoms with Crippen LogP contribution in [-0.2, 0) is 16.0 Å². The molecule has 1 aromatic carbocycles. The molecule has 1 spiro atoms. The van der Waals surface area contributed by atoms with E-state index >= 15 is 0 Å². The first kappa shape index (κ1) is 22.3. The molecule has 6 rings (SSSR count). The van der Waals surface area contributed by atoms with Crippen LogP contribution in [0.3, 0.4) is 0 Å². The van der Waals surface area contributed by atoms with Crippen LogP contribution in [0.2, 0.25) is 0 Å². The van der Waals surface area contributed by atoms with Crippen molar-refractivity contribution < 1.29 is 19.1 Å². The lowest BCUT2D eigenvalue weighted by Crippen LogP contribution is -2.72. The van der Waals surface area contributed by atoms with E-state index in [1.54, 1.807) is 7.11 Å². The molecule has 1 aliphatic carbocycles. The van der Waals surface area contributed by atoms with Crippen LogP contribution in [0.15, 0.2) is 24.3 Å². The van der Waals surface area contributed by atoms with Crippen molar-refractivity contribution in [2.24, 2.45) is 16.2 Å². The third-order valence-corrected chi connectivity index (χ3v) is 8.91. The first-order valence-electron chi connectivity index (χ1n) is 12.3. The number of fused-ring (bicyclic) bond motifs is 9. The molecule has 2 aromatic rings. The molecule has 184 valence electrons. The maximum Gasteiger partial charge on any atom is 0.332 e. The molecule has 2 saturated heterocycles. The fraction of sp³-hybridized carbons (Fsp3) is 0.556. The largest absolute Gasteiger partial charge is 0.497 e. The average Bonchev–Trinajstić information content (AvgIpc) is 3.04. The molecule has 3 fully saturated rings. The fourth-order valence-corrected chi connectivity index (χ4v) is 8.10. The van der Waals surface area contributed by atoms with Gasteiger partial charge in [0.1, 0.15) is 11.6 Å². The molecule has 1 aromatic heterocycles. The molecule has 4 aliphatic rings. The van der Waals surface area contributed by atoms with E-state index in [9.17, 15) is 14.4 Å². The Morgan fingerprint density at radius 2 is 1.69 bits per heavy atom. The highest BCUT2D eigenvalue weighted by Gasteiger charge is 2.72. The Hall–Kier alpha value is -3.16. The van der Waals surface area contributed by atoms with Gasteiger partial charge < -0.3 is 9.64 Å². The molecule has 3 aliphatic heterocycles. The number of benzene rings is 1. The molecule has 3 atom stereocenters. The monoisotopic (exact) mass is 476 g/mol. The summed E-state index contributed by atoms with van der Waals surface area (Å²) in [6.07, 6.45) is 2.99. The minimum atomic E-state index is -1.37. The van der Waals surface area contributed by atoms with Crippen LogP contribution in [-0.4, -0.2) is 65.9 Å². The molecule has 4 amide bonds. The lowest BCUT2D eigenvalue weighted by molar-refractivity contribution is -0.161. The van der Waals surface area contributed by atoms with Gasteiger partial charge in [0.25, 0.3) is 0 Å². The fourth-order valence-electron chi connectivity index (χ4n) is 8.10. The summed E-state index contributed by atoms with van der Waals surface area (Å²) in [5.74, 6) is 0.795. The van der Waals surface area contributed by atoms with Crippen molar-refractivity contribution in [3.63, 3.8) is 0 Å². The van der Waals surface area contributed by atoms with Gasteiger partial charge in [-0.3, -0.25) is 19.4 Å². The number of methoxy groups -OCH3 is 1. The molecule has 0 unspecified atom stereocenters. The molecule has 8 nitrogen and oxygen atoms in total. The summed E-state index contributed by atoms with van der Waals surface area (Å²) in [4.78, 5) is 50.6. The van der Waals surface area contributed by atoms with Crippen LogP contribution in [0.5, 0.6) is 5.75 Å². The molecule has 8 heteroatoms. The number of carbonyl (C=O) groups excluding carboxylic acids is 3. The number of ether oxygens (including phenoxy) is 1. The smallest absolute Gasteiger partial charge is 0.332 e. The summed E-state index contributed by atoms with van der Waals surface area (Å²) in [5.41, 5.74) is 0.149. The molecular weight excluding hydrogens is 444 g/mol. The third-order valence-electron chi connectivity index (χ3n) is 8.91. The van der Waals surface area contributed by atoms with Crippen molar-refractivity contribution >= 4 is 34.6 Å². The van der Waals surface area contributed by atoms with E-state index in [4.69, 9.17) is 9.72 Å². The molecule has 35 heavy (non-hydrogen) atoms. The number of hydrogen-bond donors (Lipinski definition) is 0. The molecular formula is C27H32N4O4. The minimum Gasteiger partial charge on any atom is -0.497 e. The van der Waals surface area contributed by atoms with Crippen molar-refractivity contribution in [1.29, 1.82) is 0 Å². The number of carbonyl (C=O) groups is 3. The van der Waals surface area contributed by atoms with Crippen molar-refractivity contribution in [3.05, 3.63) is 29.8 Å². The Morgan fingerprint density at radius 1 is 1.00 bits per heavy atom. The van der Waals surface area contributed by atoms with Gasteiger partial charge in [-0.05, 0) is 59.9 Å². The van der Waals surface area contributed by atoms with Crippen LogP contribution >= 0.6 is 0 Å². The molecule has 1 saturated carbocycles. The predicted molar refractivity (Wildman–Crippen MR) is 131 cm³/mol. The number of barbiturate groups is 1. The zero-order valence-corrected chi connectivity index (χ0v) is 21.2. The Morgan fingerprint density at radius 3 is 2.34 bits per heavy atom. The highest BCUT2D eigenvalue weighted by atomic mass is 16.5. The number of nitrogens with zero attached hydrogens (tertiary/aromatic N) is 4. The van der Waals surface area contributed by atoms with Crippen molar-refractivity contribution in [2.45, 2.75) is 58.5 Å². The van der Waals surface area contributed by atoms with Gasteiger partial charge in [-0.25, -0.2) is 9.78 Å². The average molecular weight is 477 g/mol. The standard InChI is InChI=1S/C27H32N4O4/c1-25(2)12-17-13-26(3,14-25)21-27(22(32)29(4)24(34)30(5)23(27)33)11-16-9-15-10-18(35-6)7-8-19(15)28-20(16)31(17)21/h7-10,17,21H,11-14H2,1-6H3/t17-,21+,26-/m0/s1. The number of urea groups is 1. The first-order valence-corrected chi connectivity index (χ1v) is 12.3. The van der Waals surface area contributed by atoms with Gasteiger partial charge in [0.15, 0.2) is 5.41 Å². The second-order valence-corrected chi connectivity index (χ2v) is 12.1. The number of aromatic nitrogens is 1. The van der Waals surface area contributed by atoms with Gasteiger partial charge in [-0.15, -0.1) is 0 Å². The van der Waals surface area contributed by atoms with E-state index in [0.717, 1.165) is 57.1 Å². The molecule has 4 heterocycles. The van der Waals surface area contributed by atoms with Gasteiger partial charge in [0, 0.05) is 31.9 Å². The quantitative estimate of drug-likeness (QED) is 0.585. The number of amides is 4. The van der Waals surface area contributed by atoms with Crippen LogP contribution in [0.1, 0.15) is 45.6 Å². The topological polar surface area (TPSA) is 83.0 Å². The number of rotatable bonds is 1. The van der Waals surface area contributed by atoms with Crippen LogP contribution in [0, 0.1) is 16.2 Å². The highest BCUT2D eigenvalue weighted by molar-refractivity contribution is 6.20. The summed E-state index contributed by atoms with van der Waals surface area (Å²) in [6, 6.07) is 7.07. The third kappa shape index (κ3) is 2.74. The summed E-state index contributed by atoms with van der Waals surface area (Å²) in [5, 5.41) is 0.902. The van der Waals surface area contributed by atoms with Crippen molar-refractivity contribution in [2.75, 3.05) is 26.1 Å². The van der Waals surface area contributed by atoms with E-state index < -0.39 is 23.3 Å². The normalized spacial score (nSPS) is 30.7. The SMILES string of the molecule is COc1ccc2nc3c(cc2c1)CC1(C(=O)N(C)C(=O)N(C)C1=O)[C@@H]1N3[C@H]2CC(C)(C)C[C@]1(C)C2. The van der Waals surface area contributed by atoms with Gasteiger partial charge in [-0.2, -0.15) is 0 Å². The lowest BCUT2D eigenvalue weighted by atomic mass is 9.56. The maximum absolute atomic E-state index is 14.1. The van der Waals surface area contributed by atoms with Gasteiger partial charge in [-0.1, -0.05) is 20.8 Å². The zero-order chi connectivity index (χ0) is 25.1. The Kier molecular flexibility index (Phi) is 4.30. The van der Waals surface area contributed by atoms with Crippen LogP contribution < -0.4 is 9.64 Å². The second-order valence-electron chi connectivity index (χ2n) is 12.1. The summed E-state index contributed by atoms with van der Waals surface area (Å²) < 4.78 is 5.42. The minimum absolute atomic E-state index is 0.0644. The summed E-state index contributed by atoms with van der Waals surface area (Å²) in [7, 11) is 4.61. The van der Waals surface area contributed by atoms with Crippen LogP contribution in [0.25, 0.3) is 10.9 Å². The number of anilines is 1. The van der Waals surface area contributed by atoms with Gasteiger partial charge in [0.2, 0.25) is 11.8 Å². The predicted octanol–water partition coefficient (Wildman–Crippen LogP) is 3.61. The van der Waals surface area contributed by atoms with E-state index in [1.165, 1.54) is 14.1 Å². The number of hydrogen-bond acceptors (Lipinski definition) is 6. The Balaban J connectivity index is 1.64. The van der Waals surface area contributed by atoms with E-state index in [2.05, 4.69) is 25.7 Å². The molecule has 2 bridgehead atoms. The van der Waals surface area contributed by atoms with Crippen molar-refractivity contribution in [3.8, 4) is 5.75 Å². The van der Waals surface area contributed by atoms with E-state index in [1.807, 2.05) is 24.3 Å². The van der Waals surface area contributed by atoms with E-state index in [0.29, 0.717) is 0 Å². The lowest BCUT2D eigenvalue weighted by Gasteiger charge is -2.54. The maximum atomic E-state index is 14.1. The van der Waals surface area contributed by atoms with Gasteiger partial charge >= 0.3 is 6.03 Å². The Bertz CT molecular complexity index is 1300. The number of pyridine rings is 1. The van der Waals surface area contributed by atoms with Gasteiger partial charge in [0.05, 0.1) is 18.7 Å². The molecule has 0 radical (unpaired) electrons. The summed E-state index contributed by atoms with van der Waals surface area (Å²) >= 11 is 0.